The largest absolute Gasteiger partial charge is 0.460 e. The molecule has 1 aromatic carbocycles. The molecule has 0 bridgehead atoms. The number of rotatable bonds is 9. The van der Waals surface area contributed by atoms with Gasteiger partial charge in [-0.2, -0.15) is 4.79 Å². The molecule has 0 aliphatic carbocycles. The van der Waals surface area contributed by atoms with Crippen LogP contribution in [-0.4, -0.2) is 34.3 Å². The number of carbonyl (C=O) groups excluding carboxylic acids is 2. The predicted molar refractivity (Wildman–Crippen MR) is 85.5 cm³/mol. The number of methoxy groups -OCH3 is 1. The van der Waals surface area contributed by atoms with Gasteiger partial charge in [-0.25, -0.2) is 4.79 Å². The van der Waals surface area contributed by atoms with Crippen molar-refractivity contribution in [2.45, 2.75) is 32.6 Å². The first-order chi connectivity index (χ1) is 11.4. The number of carbonyl (C=O) groups is 2. The SMILES string of the molecule is CCCC(CCc1ccc([N+](=O)[O-])cc1)C(=O)C(=[N+]=[N-])C(=O)OC. The van der Waals surface area contributed by atoms with E-state index in [0.29, 0.717) is 19.3 Å². The Balaban J connectivity index is 2.82. The van der Waals surface area contributed by atoms with E-state index in [4.69, 9.17) is 5.53 Å². The molecule has 0 fully saturated rings. The van der Waals surface area contributed by atoms with E-state index < -0.39 is 28.3 Å². The molecular formula is C16H19N3O5. The number of nitro benzene ring substituents is 1. The summed E-state index contributed by atoms with van der Waals surface area (Å²) in [6, 6.07) is 6.07. The van der Waals surface area contributed by atoms with Gasteiger partial charge in [-0.1, -0.05) is 25.5 Å². The lowest BCUT2D eigenvalue weighted by Crippen LogP contribution is -2.32. The second-order valence-corrected chi connectivity index (χ2v) is 5.25. The van der Waals surface area contributed by atoms with Gasteiger partial charge in [0.1, 0.15) is 0 Å². The molecule has 0 amide bonds. The molecule has 8 heteroatoms. The summed E-state index contributed by atoms with van der Waals surface area (Å²) in [5, 5.41) is 10.6. The van der Waals surface area contributed by atoms with Gasteiger partial charge in [0.25, 0.3) is 11.5 Å². The zero-order valence-electron chi connectivity index (χ0n) is 13.6. The minimum Gasteiger partial charge on any atom is -0.460 e. The highest BCUT2D eigenvalue weighted by Crippen LogP contribution is 2.19. The molecule has 0 radical (unpaired) electrons. The fourth-order valence-corrected chi connectivity index (χ4v) is 2.36. The van der Waals surface area contributed by atoms with Crippen molar-refractivity contribution < 1.29 is 24.0 Å². The summed E-state index contributed by atoms with van der Waals surface area (Å²) in [5.74, 6) is -2.03. The smallest absolute Gasteiger partial charge is 0.441 e. The van der Waals surface area contributed by atoms with Gasteiger partial charge in [0.05, 0.1) is 12.0 Å². The number of hydrogen-bond acceptors (Lipinski definition) is 5. The van der Waals surface area contributed by atoms with Crippen LogP contribution in [0.2, 0.25) is 0 Å². The molecule has 0 saturated carbocycles. The van der Waals surface area contributed by atoms with Crippen molar-refractivity contribution in [3.05, 3.63) is 45.5 Å². The molecule has 1 atom stereocenters. The second-order valence-electron chi connectivity index (χ2n) is 5.25. The van der Waals surface area contributed by atoms with E-state index in [9.17, 15) is 19.7 Å². The number of nitro groups is 1. The van der Waals surface area contributed by atoms with Gasteiger partial charge in [-0.3, -0.25) is 14.9 Å². The molecule has 128 valence electrons. The topological polar surface area (TPSA) is 123 Å². The van der Waals surface area contributed by atoms with E-state index in [2.05, 4.69) is 9.53 Å². The van der Waals surface area contributed by atoms with E-state index >= 15 is 0 Å². The van der Waals surface area contributed by atoms with Crippen LogP contribution in [0.25, 0.3) is 5.53 Å². The van der Waals surface area contributed by atoms with Gasteiger partial charge in [-0.05, 0) is 24.8 Å². The van der Waals surface area contributed by atoms with Crippen molar-refractivity contribution in [1.29, 1.82) is 0 Å². The first-order valence-electron chi connectivity index (χ1n) is 7.52. The van der Waals surface area contributed by atoms with Crippen molar-refractivity contribution in [3.8, 4) is 0 Å². The van der Waals surface area contributed by atoms with Crippen molar-refractivity contribution >= 4 is 23.2 Å². The van der Waals surface area contributed by atoms with E-state index in [1.54, 1.807) is 12.1 Å². The van der Waals surface area contributed by atoms with Crippen molar-refractivity contribution in [1.82, 2.24) is 0 Å². The average molecular weight is 333 g/mol. The van der Waals surface area contributed by atoms with Gasteiger partial charge < -0.3 is 10.3 Å². The third kappa shape index (κ3) is 5.10. The summed E-state index contributed by atoms with van der Waals surface area (Å²) >= 11 is 0. The highest BCUT2D eigenvalue weighted by atomic mass is 16.6. The third-order valence-electron chi connectivity index (χ3n) is 3.65. The maximum absolute atomic E-state index is 12.3. The summed E-state index contributed by atoms with van der Waals surface area (Å²) in [5.41, 5.74) is 9.12. The van der Waals surface area contributed by atoms with Crippen molar-refractivity contribution in [2.24, 2.45) is 5.92 Å². The summed E-state index contributed by atoms with van der Waals surface area (Å²) in [6.45, 7) is 1.90. The molecule has 0 aliphatic heterocycles. The lowest BCUT2D eigenvalue weighted by atomic mass is 9.89. The molecule has 24 heavy (non-hydrogen) atoms. The van der Waals surface area contributed by atoms with E-state index in [1.807, 2.05) is 6.92 Å². The lowest BCUT2D eigenvalue weighted by Gasteiger charge is -2.12. The van der Waals surface area contributed by atoms with Crippen LogP contribution < -0.4 is 0 Å². The second kappa shape index (κ2) is 9.32. The van der Waals surface area contributed by atoms with E-state index in [1.165, 1.54) is 12.1 Å². The highest BCUT2D eigenvalue weighted by molar-refractivity contribution is 6.62. The monoisotopic (exact) mass is 333 g/mol. The maximum atomic E-state index is 12.3. The van der Waals surface area contributed by atoms with Crippen LogP contribution in [0.4, 0.5) is 5.69 Å². The number of esters is 1. The first-order valence-corrected chi connectivity index (χ1v) is 7.52. The van der Waals surface area contributed by atoms with Crippen molar-refractivity contribution in [2.75, 3.05) is 7.11 Å². The standard InChI is InChI=1S/C16H19N3O5/c1-3-4-12(15(20)14(18-17)16(21)24-2)8-5-11-6-9-13(10-7-11)19(22)23/h6-7,9-10,12H,3-5,8H2,1-2H3. The number of non-ortho nitro benzene ring substituents is 1. The van der Waals surface area contributed by atoms with Crippen LogP contribution in [0, 0.1) is 16.0 Å². The molecule has 0 N–H and O–H groups in total. The fourth-order valence-electron chi connectivity index (χ4n) is 2.36. The van der Waals surface area contributed by atoms with Crippen LogP contribution in [-0.2, 0) is 20.7 Å². The Kier molecular flexibility index (Phi) is 7.45. The Morgan fingerprint density at radius 1 is 1.29 bits per heavy atom. The fraction of sp³-hybridized carbons (Fsp3) is 0.438. The molecule has 0 saturated heterocycles. The summed E-state index contributed by atoms with van der Waals surface area (Å²) in [4.78, 5) is 36.7. The Hall–Kier alpha value is -2.86. The minimum atomic E-state index is -0.973. The molecule has 0 aromatic heterocycles. The molecule has 1 rings (SSSR count). The quantitative estimate of drug-likeness (QED) is 0.130. The molecule has 0 aliphatic rings. The molecule has 0 spiro atoms. The number of nitrogens with zero attached hydrogens (tertiary/aromatic N) is 3. The van der Waals surface area contributed by atoms with Crippen LogP contribution in [0.15, 0.2) is 24.3 Å². The van der Waals surface area contributed by atoms with Gasteiger partial charge in [0.2, 0.25) is 0 Å². The number of hydrogen-bond donors (Lipinski definition) is 0. The van der Waals surface area contributed by atoms with Gasteiger partial charge in [0, 0.05) is 18.1 Å². The molecule has 8 nitrogen and oxygen atoms in total. The van der Waals surface area contributed by atoms with Gasteiger partial charge in [-0.15, -0.1) is 0 Å². The Bertz CT molecular complexity index is 663. The Morgan fingerprint density at radius 3 is 2.38 bits per heavy atom. The number of aryl methyl sites for hydroxylation is 1. The third-order valence-corrected chi connectivity index (χ3v) is 3.65. The van der Waals surface area contributed by atoms with Crippen LogP contribution in [0.1, 0.15) is 31.7 Å². The summed E-state index contributed by atoms with van der Waals surface area (Å²) in [6.07, 6.45) is 2.19. The van der Waals surface area contributed by atoms with Crippen molar-refractivity contribution in [3.63, 3.8) is 0 Å². The Morgan fingerprint density at radius 2 is 1.92 bits per heavy atom. The lowest BCUT2D eigenvalue weighted by molar-refractivity contribution is -0.384. The van der Waals surface area contributed by atoms with Gasteiger partial charge in [0.15, 0.2) is 0 Å². The molecular weight excluding hydrogens is 314 g/mol. The van der Waals surface area contributed by atoms with E-state index in [-0.39, 0.29) is 5.69 Å². The average Bonchev–Trinajstić information content (AvgIpc) is 2.59. The first kappa shape index (κ1) is 19.2. The number of Topliss-reactive ketones (excluding diaryl/α,β-unsaturated/α-hetero) is 1. The number of ether oxygens (including phenoxy) is 1. The highest BCUT2D eigenvalue weighted by Gasteiger charge is 2.35. The Labute approximate surface area is 139 Å². The van der Waals surface area contributed by atoms with Crippen LogP contribution in [0.5, 0.6) is 0 Å². The maximum Gasteiger partial charge on any atom is 0.441 e. The summed E-state index contributed by atoms with van der Waals surface area (Å²) in [7, 11) is 1.10. The molecule has 0 heterocycles. The van der Waals surface area contributed by atoms with Crippen LogP contribution in [0.3, 0.4) is 0 Å². The van der Waals surface area contributed by atoms with E-state index in [0.717, 1.165) is 19.1 Å². The molecule has 1 aromatic rings. The number of ketones is 1. The predicted octanol–water partition coefficient (Wildman–Crippen LogP) is 2.36. The molecule has 1 unspecified atom stereocenters. The van der Waals surface area contributed by atoms with Gasteiger partial charge >= 0.3 is 11.7 Å². The normalized spacial score (nSPS) is 11.2. The zero-order chi connectivity index (χ0) is 18.1. The zero-order valence-corrected chi connectivity index (χ0v) is 13.6. The summed E-state index contributed by atoms with van der Waals surface area (Å²) < 4.78 is 4.44. The van der Waals surface area contributed by atoms with Crippen LogP contribution >= 0.6 is 0 Å². The number of benzene rings is 1. The minimum absolute atomic E-state index is 0.000302.